The zero-order valence-corrected chi connectivity index (χ0v) is 11.9. The molecule has 0 saturated carbocycles. The van der Waals surface area contributed by atoms with Crippen molar-refractivity contribution in [2.45, 2.75) is 39.3 Å². The molecule has 0 unspecified atom stereocenters. The van der Waals surface area contributed by atoms with Gasteiger partial charge in [-0.1, -0.05) is 6.07 Å². The van der Waals surface area contributed by atoms with E-state index in [2.05, 4.69) is 32.2 Å². The highest BCUT2D eigenvalue weighted by Crippen LogP contribution is 2.11. The standard InChI is InChI=1S/C13H22N2OS/c1-13(2,3)14-8-7-12(16)15(4)10-11-6-5-9-17-11/h5-6,9,14H,7-8,10H2,1-4H3. The van der Waals surface area contributed by atoms with E-state index in [9.17, 15) is 4.79 Å². The summed E-state index contributed by atoms with van der Waals surface area (Å²) in [6.45, 7) is 7.76. The summed E-state index contributed by atoms with van der Waals surface area (Å²) < 4.78 is 0. The molecule has 1 aromatic rings. The second-order valence-corrected chi connectivity index (χ2v) is 6.29. The Balaban J connectivity index is 2.28. The summed E-state index contributed by atoms with van der Waals surface area (Å²) in [4.78, 5) is 14.9. The van der Waals surface area contributed by atoms with Crippen LogP contribution in [0.4, 0.5) is 0 Å². The van der Waals surface area contributed by atoms with Crippen molar-refractivity contribution < 1.29 is 4.79 Å². The van der Waals surface area contributed by atoms with E-state index in [1.807, 2.05) is 18.5 Å². The van der Waals surface area contributed by atoms with Crippen LogP contribution in [0.25, 0.3) is 0 Å². The van der Waals surface area contributed by atoms with E-state index in [-0.39, 0.29) is 11.4 Å². The lowest BCUT2D eigenvalue weighted by atomic mass is 10.1. The fraction of sp³-hybridized carbons (Fsp3) is 0.615. The van der Waals surface area contributed by atoms with Crippen LogP contribution in [0.1, 0.15) is 32.1 Å². The van der Waals surface area contributed by atoms with Gasteiger partial charge in [0.2, 0.25) is 5.91 Å². The third kappa shape index (κ3) is 5.84. The first-order chi connectivity index (χ1) is 7.88. The Morgan fingerprint density at radius 1 is 1.47 bits per heavy atom. The van der Waals surface area contributed by atoms with Crippen molar-refractivity contribution in [2.75, 3.05) is 13.6 Å². The number of nitrogens with zero attached hydrogens (tertiary/aromatic N) is 1. The largest absolute Gasteiger partial charge is 0.341 e. The molecule has 1 aromatic heterocycles. The van der Waals surface area contributed by atoms with Crippen molar-refractivity contribution in [1.29, 1.82) is 0 Å². The minimum atomic E-state index is 0.0760. The van der Waals surface area contributed by atoms with Crippen LogP contribution < -0.4 is 5.32 Å². The lowest BCUT2D eigenvalue weighted by molar-refractivity contribution is -0.130. The molecule has 0 saturated heterocycles. The lowest BCUT2D eigenvalue weighted by Gasteiger charge is -2.22. The van der Waals surface area contributed by atoms with Gasteiger partial charge in [0.15, 0.2) is 0 Å². The van der Waals surface area contributed by atoms with E-state index < -0.39 is 0 Å². The Bertz CT molecular complexity index is 341. The summed E-state index contributed by atoms with van der Waals surface area (Å²) in [6, 6.07) is 4.07. The van der Waals surface area contributed by atoms with Gasteiger partial charge in [-0.15, -0.1) is 11.3 Å². The van der Waals surface area contributed by atoms with Crippen molar-refractivity contribution in [3.63, 3.8) is 0 Å². The summed E-state index contributed by atoms with van der Waals surface area (Å²) in [5, 5.41) is 5.36. The van der Waals surface area contributed by atoms with Crippen LogP contribution in [0.5, 0.6) is 0 Å². The average Bonchev–Trinajstić information content (AvgIpc) is 2.68. The van der Waals surface area contributed by atoms with Crippen molar-refractivity contribution in [3.05, 3.63) is 22.4 Å². The summed E-state index contributed by atoms with van der Waals surface area (Å²) in [5.41, 5.74) is 0.0760. The van der Waals surface area contributed by atoms with Crippen LogP contribution >= 0.6 is 11.3 Å². The molecule has 0 aliphatic rings. The SMILES string of the molecule is CN(Cc1cccs1)C(=O)CCNC(C)(C)C. The molecule has 0 atom stereocenters. The van der Waals surface area contributed by atoms with Gasteiger partial charge in [-0.05, 0) is 32.2 Å². The van der Waals surface area contributed by atoms with Gasteiger partial charge in [0, 0.05) is 30.4 Å². The third-order valence-electron chi connectivity index (χ3n) is 2.39. The molecule has 1 heterocycles. The maximum Gasteiger partial charge on any atom is 0.223 e. The van der Waals surface area contributed by atoms with Crippen molar-refractivity contribution in [1.82, 2.24) is 10.2 Å². The van der Waals surface area contributed by atoms with Gasteiger partial charge in [-0.2, -0.15) is 0 Å². The molecule has 0 aromatic carbocycles. The van der Waals surface area contributed by atoms with Crippen LogP contribution in [0.3, 0.4) is 0 Å². The minimum absolute atomic E-state index is 0.0760. The van der Waals surface area contributed by atoms with Crippen LogP contribution in [-0.2, 0) is 11.3 Å². The predicted octanol–water partition coefficient (Wildman–Crippen LogP) is 2.48. The lowest BCUT2D eigenvalue weighted by Crippen LogP contribution is -2.38. The molecule has 1 amide bonds. The number of rotatable bonds is 5. The van der Waals surface area contributed by atoms with Gasteiger partial charge >= 0.3 is 0 Å². The van der Waals surface area contributed by atoms with Crippen molar-refractivity contribution in [3.8, 4) is 0 Å². The topological polar surface area (TPSA) is 32.3 Å². The minimum Gasteiger partial charge on any atom is -0.341 e. The van der Waals surface area contributed by atoms with E-state index in [4.69, 9.17) is 0 Å². The third-order valence-corrected chi connectivity index (χ3v) is 3.25. The van der Waals surface area contributed by atoms with Gasteiger partial charge in [0.05, 0.1) is 6.54 Å². The zero-order valence-electron chi connectivity index (χ0n) is 11.1. The molecule has 96 valence electrons. The van der Waals surface area contributed by atoms with Gasteiger partial charge in [0.25, 0.3) is 0 Å². The van der Waals surface area contributed by atoms with E-state index in [1.165, 1.54) is 4.88 Å². The Morgan fingerprint density at radius 3 is 2.71 bits per heavy atom. The molecule has 17 heavy (non-hydrogen) atoms. The normalized spacial score (nSPS) is 11.5. The van der Waals surface area contributed by atoms with Gasteiger partial charge in [-0.25, -0.2) is 0 Å². The van der Waals surface area contributed by atoms with Gasteiger partial charge in [0.1, 0.15) is 0 Å². The van der Waals surface area contributed by atoms with Crippen LogP contribution in [0, 0.1) is 0 Å². The van der Waals surface area contributed by atoms with E-state index in [0.717, 1.165) is 6.54 Å². The Kier molecular flexibility index (Phi) is 5.15. The number of thiophene rings is 1. The summed E-state index contributed by atoms with van der Waals surface area (Å²) in [7, 11) is 1.86. The first-order valence-electron chi connectivity index (χ1n) is 5.90. The average molecular weight is 254 g/mol. The Labute approximate surface area is 108 Å². The van der Waals surface area contributed by atoms with Crippen molar-refractivity contribution in [2.24, 2.45) is 0 Å². The van der Waals surface area contributed by atoms with E-state index in [1.54, 1.807) is 16.2 Å². The smallest absolute Gasteiger partial charge is 0.223 e. The molecule has 0 aliphatic heterocycles. The molecule has 3 nitrogen and oxygen atoms in total. The fourth-order valence-corrected chi connectivity index (χ4v) is 2.22. The summed E-state index contributed by atoms with van der Waals surface area (Å²) in [5.74, 6) is 0.190. The quantitative estimate of drug-likeness (QED) is 0.875. The Hall–Kier alpha value is -0.870. The van der Waals surface area contributed by atoms with Gasteiger partial charge in [-0.3, -0.25) is 4.79 Å². The molecular formula is C13H22N2OS. The number of carbonyl (C=O) groups excluding carboxylic acids is 1. The predicted molar refractivity (Wildman–Crippen MR) is 73.2 cm³/mol. The number of nitrogens with one attached hydrogen (secondary N) is 1. The number of amides is 1. The molecule has 0 bridgehead atoms. The number of hydrogen-bond donors (Lipinski definition) is 1. The molecular weight excluding hydrogens is 232 g/mol. The first-order valence-corrected chi connectivity index (χ1v) is 6.78. The number of hydrogen-bond acceptors (Lipinski definition) is 3. The second-order valence-electron chi connectivity index (χ2n) is 5.26. The molecule has 1 rings (SSSR count). The molecule has 0 radical (unpaired) electrons. The molecule has 0 fully saturated rings. The summed E-state index contributed by atoms with van der Waals surface area (Å²) >= 11 is 1.69. The molecule has 1 N–H and O–H groups in total. The van der Waals surface area contributed by atoms with Crippen LogP contribution in [0.2, 0.25) is 0 Å². The second kappa shape index (κ2) is 6.17. The molecule has 0 spiro atoms. The first kappa shape index (κ1) is 14.2. The summed E-state index contributed by atoms with van der Waals surface area (Å²) in [6.07, 6.45) is 0.555. The molecule has 4 heteroatoms. The fourth-order valence-electron chi connectivity index (χ4n) is 1.46. The van der Waals surface area contributed by atoms with Gasteiger partial charge < -0.3 is 10.2 Å². The Morgan fingerprint density at radius 2 is 2.18 bits per heavy atom. The highest BCUT2D eigenvalue weighted by molar-refractivity contribution is 7.09. The maximum absolute atomic E-state index is 11.8. The number of carbonyl (C=O) groups is 1. The van der Waals surface area contributed by atoms with E-state index >= 15 is 0 Å². The molecule has 0 aliphatic carbocycles. The monoisotopic (exact) mass is 254 g/mol. The zero-order chi connectivity index (χ0) is 12.9. The van der Waals surface area contributed by atoms with Crippen LogP contribution in [0.15, 0.2) is 17.5 Å². The highest BCUT2D eigenvalue weighted by atomic mass is 32.1. The van der Waals surface area contributed by atoms with Crippen LogP contribution in [-0.4, -0.2) is 29.9 Å². The van der Waals surface area contributed by atoms with E-state index in [0.29, 0.717) is 13.0 Å². The van der Waals surface area contributed by atoms with Crippen molar-refractivity contribution >= 4 is 17.2 Å². The maximum atomic E-state index is 11.8. The highest BCUT2D eigenvalue weighted by Gasteiger charge is 2.12.